The van der Waals surface area contributed by atoms with E-state index in [1.165, 1.54) is 4.31 Å². The minimum Gasteiger partial charge on any atom is -0.493 e. The van der Waals surface area contributed by atoms with Gasteiger partial charge in [-0.05, 0) is 31.5 Å². The highest BCUT2D eigenvalue weighted by Crippen LogP contribution is 2.32. The predicted molar refractivity (Wildman–Crippen MR) is 152 cm³/mol. The minimum absolute atomic E-state index is 0.149. The van der Waals surface area contributed by atoms with Crippen molar-refractivity contribution < 1.29 is 17.9 Å². The zero-order valence-corrected chi connectivity index (χ0v) is 24.4. The summed E-state index contributed by atoms with van der Waals surface area (Å²) >= 11 is 0. The van der Waals surface area contributed by atoms with Gasteiger partial charge >= 0.3 is 0 Å². The average Bonchev–Trinajstić information content (AvgIpc) is 3.28. The van der Waals surface area contributed by atoms with Crippen LogP contribution < -0.4 is 10.3 Å². The molecule has 5 rings (SSSR count). The van der Waals surface area contributed by atoms with Gasteiger partial charge in [0, 0.05) is 59.4 Å². The van der Waals surface area contributed by atoms with Crippen LogP contribution in [0.1, 0.15) is 26.0 Å². The molecular weight excluding hydrogens is 534 g/mol. The molecule has 0 radical (unpaired) electrons. The standard InChI is InChI=1S/C27H39N7O5S/c1-4-6-22-24-25(31(3)30-22)27(35)29-26(28-24)21-19-20(7-8-23(21)39-5-2)40(36,37)34-13-11-32(12-14-34)9-10-33-15-17-38-18-16-33/h7-8,19H,4-6,9-18H2,1-3H3,(H,28,29,35). The Hall–Kier alpha value is -2.84. The number of hydrogen-bond donors (Lipinski definition) is 1. The second-order valence-electron chi connectivity index (χ2n) is 10.2. The van der Waals surface area contributed by atoms with E-state index in [9.17, 15) is 13.2 Å². The van der Waals surface area contributed by atoms with Gasteiger partial charge in [-0.25, -0.2) is 13.4 Å². The molecule has 0 atom stereocenters. The van der Waals surface area contributed by atoms with Gasteiger partial charge in [0.25, 0.3) is 5.56 Å². The number of hydrogen-bond acceptors (Lipinski definition) is 9. The van der Waals surface area contributed by atoms with Crippen molar-refractivity contribution in [2.24, 2.45) is 7.05 Å². The number of aromatic amines is 1. The number of aryl methyl sites for hydroxylation is 2. The molecule has 13 heteroatoms. The van der Waals surface area contributed by atoms with Crippen LogP contribution in [0.3, 0.4) is 0 Å². The Labute approximate surface area is 234 Å². The maximum Gasteiger partial charge on any atom is 0.277 e. The van der Waals surface area contributed by atoms with E-state index < -0.39 is 10.0 Å². The number of aromatic nitrogens is 4. The lowest BCUT2D eigenvalue weighted by Gasteiger charge is -2.35. The van der Waals surface area contributed by atoms with Crippen LogP contribution in [0, 0.1) is 0 Å². The van der Waals surface area contributed by atoms with Crippen molar-refractivity contribution in [3.63, 3.8) is 0 Å². The van der Waals surface area contributed by atoms with Gasteiger partial charge in [0.1, 0.15) is 17.1 Å². The van der Waals surface area contributed by atoms with Gasteiger partial charge < -0.3 is 14.5 Å². The molecule has 0 aliphatic carbocycles. The summed E-state index contributed by atoms with van der Waals surface area (Å²) in [6.07, 6.45) is 1.53. The first-order valence-corrected chi connectivity index (χ1v) is 15.5. The molecule has 4 heterocycles. The van der Waals surface area contributed by atoms with E-state index in [0.717, 1.165) is 51.5 Å². The topological polar surface area (TPSA) is 126 Å². The number of sulfonamides is 1. The summed E-state index contributed by atoms with van der Waals surface area (Å²) in [6.45, 7) is 11.8. The molecule has 1 N–H and O–H groups in total. The number of morpholine rings is 1. The average molecular weight is 574 g/mol. The fourth-order valence-corrected chi connectivity index (χ4v) is 6.81. The number of benzene rings is 1. The molecule has 0 amide bonds. The van der Waals surface area contributed by atoms with Gasteiger partial charge in [-0.2, -0.15) is 9.40 Å². The molecule has 0 unspecified atom stereocenters. The van der Waals surface area contributed by atoms with Crippen molar-refractivity contribution in [3.8, 4) is 17.1 Å². The minimum atomic E-state index is -3.76. The second-order valence-corrected chi connectivity index (χ2v) is 12.2. The third-order valence-corrected chi connectivity index (χ3v) is 9.46. The van der Waals surface area contributed by atoms with Crippen molar-refractivity contribution in [2.45, 2.75) is 31.6 Å². The molecule has 2 aromatic heterocycles. The maximum absolute atomic E-state index is 13.7. The zero-order chi connectivity index (χ0) is 28.3. The monoisotopic (exact) mass is 573 g/mol. The number of nitrogens with zero attached hydrogens (tertiary/aromatic N) is 6. The SMILES string of the molecule is CCCc1nn(C)c2c(=O)[nH]c(-c3cc(S(=O)(=O)N4CCN(CCN5CCOCC5)CC4)ccc3OCC)nc12. The number of fused-ring (bicyclic) bond motifs is 1. The first-order valence-electron chi connectivity index (χ1n) is 14.1. The number of nitrogens with one attached hydrogen (secondary N) is 1. The van der Waals surface area contributed by atoms with Crippen LogP contribution in [0.4, 0.5) is 0 Å². The van der Waals surface area contributed by atoms with E-state index in [2.05, 4.69) is 19.9 Å². The van der Waals surface area contributed by atoms with Crippen molar-refractivity contribution in [1.29, 1.82) is 0 Å². The molecule has 1 aromatic carbocycles. The van der Waals surface area contributed by atoms with Gasteiger partial charge in [0.05, 0.1) is 36.0 Å². The van der Waals surface area contributed by atoms with Crippen LogP contribution in [0.15, 0.2) is 27.9 Å². The third kappa shape index (κ3) is 5.93. The van der Waals surface area contributed by atoms with E-state index in [-0.39, 0.29) is 16.3 Å². The Balaban J connectivity index is 1.39. The van der Waals surface area contributed by atoms with Crippen LogP contribution in [-0.2, 0) is 28.2 Å². The van der Waals surface area contributed by atoms with Crippen LogP contribution in [0.25, 0.3) is 22.4 Å². The van der Waals surface area contributed by atoms with E-state index in [1.54, 1.807) is 29.9 Å². The number of piperazine rings is 1. The summed E-state index contributed by atoms with van der Waals surface area (Å²) in [5.74, 6) is 0.717. The van der Waals surface area contributed by atoms with Crippen LogP contribution in [-0.4, -0.2) is 114 Å². The van der Waals surface area contributed by atoms with Gasteiger partial charge in [-0.1, -0.05) is 13.3 Å². The first kappa shape index (κ1) is 28.7. The predicted octanol–water partition coefficient (Wildman–Crippen LogP) is 1.31. The van der Waals surface area contributed by atoms with E-state index in [1.807, 2.05) is 13.8 Å². The Morgan fingerprint density at radius 3 is 2.40 bits per heavy atom. The lowest BCUT2D eigenvalue weighted by molar-refractivity contribution is 0.0317. The fraction of sp³-hybridized carbons (Fsp3) is 0.593. The zero-order valence-electron chi connectivity index (χ0n) is 23.6. The highest BCUT2D eigenvalue weighted by Gasteiger charge is 2.30. The van der Waals surface area contributed by atoms with Crippen molar-refractivity contribution in [2.75, 3.05) is 72.2 Å². The molecule has 12 nitrogen and oxygen atoms in total. The third-order valence-electron chi connectivity index (χ3n) is 7.56. The van der Waals surface area contributed by atoms with E-state index in [0.29, 0.717) is 61.6 Å². The smallest absolute Gasteiger partial charge is 0.277 e. The molecule has 2 aliphatic rings. The fourth-order valence-electron chi connectivity index (χ4n) is 5.37. The summed E-state index contributed by atoms with van der Waals surface area (Å²) in [6, 6.07) is 4.77. The summed E-state index contributed by atoms with van der Waals surface area (Å²) in [7, 11) is -2.04. The first-order chi connectivity index (χ1) is 19.3. The van der Waals surface area contributed by atoms with Crippen LogP contribution >= 0.6 is 0 Å². The van der Waals surface area contributed by atoms with Crippen molar-refractivity contribution in [3.05, 3.63) is 34.2 Å². The Bertz CT molecular complexity index is 1490. The lowest BCUT2D eigenvalue weighted by Crippen LogP contribution is -2.50. The highest BCUT2D eigenvalue weighted by atomic mass is 32.2. The van der Waals surface area contributed by atoms with Gasteiger partial charge in [-0.3, -0.25) is 19.3 Å². The van der Waals surface area contributed by atoms with Crippen molar-refractivity contribution >= 4 is 21.1 Å². The van der Waals surface area contributed by atoms with Crippen LogP contribution in [0.5, 0.6) is 5.75 Å². The normalized spacial score (nSPS) is 18.0. The Morgan fingerprint density at radius 2 is 1.73 bits per heavy atom. The summed E-state index contributed by atoms with van der Waals surface area (Å²) < 4.78 is 41.7. The van der Waals surface area contributed by atoms with Crippen molar-refractivity contribution in [1.82, 2.24) is 33.9 Å². The second kappa shape index (κ2) is 12.4. The van der Waals surface area contributed by atoms with E-state index >= 15 is 0 Å². The summed E-state index contributed by atoms with van der Waals surface area (Å²) in [5, 5.41) is 4.49. The molecule has 40 heavy (non-hydrogen) atoms. The largest absolute Gasteiger partial charge is 0.493 e. The molecule has 2 aliphatic heterocycles. The summed E-state index contributed by atoms with van der Waals surface area (Å²) in [5.41, 5.74) is 1.74. The highest BCUT2D eigenvalue weighted by molar-refractivity contribution is 7.89. The molecule has 0 spiro atoms. The van der Waals surface area contributed by atoms with Gasteiger partial charge in [0.15, 0.2) is 5.52 Å². The molecule has 0 bridgehead atoms. The number of rotatable bonds is 10. The molecule has 2 fully saturated rings. The Morgan fingerprint density at radius 1 is 1.02 bits per heavy atom. The van der Waals surface area contributed by atoms with E-state index in [4.69, 9.17) is 14.5 Å². The van der Waals surface area contributed by atoms with Gasteiger partial charge in [-0.15, -0.1) is 0 Å². The maximum atomic E-state index is 13.7. The van der Waals surface area contributed by atoms with Gasteiger partial charge in [0.2, 0.25) is 10.0 Å². The molecule has 3 aromatic rings. The van der Waals surface area contributed by atoms with Crippen LogP contribution in [0.2, 0.25) is 0 Å². The number of ether oxygens (including phenoxy) is 2. The molecular formula is C27H39N7O5S. The lowest BCUT2D eigenvalue weighted by atomic mass is 10.1. The molecule has 2 saturated heterocycles. The Kier molecular flexibility index (Phi) is 8.86. The summed E-state index contributed by atoms with van der Waals surface area (Å²) in [4.78, 5) is 25.5. The molecule has 0 saturated carbocycles. The molecule has 218 valence electrons. The number of H-pyrrole nitrogens is 1. The quantitative estimate of drug-likeness (QED) is 0.382.